The van der Waals surface area contributed by atoms with Crippen molar-refractivity contribution < 1.29 is 9.66 Å². The van der Waals surface area contributed by atoms with E-state index in [9.17, 15) is 10.1 Å². The van der Waals surface area contributed by atoms with E-state index in [1.807, 2.05) is 17.9 Å². The summed E-state index contributed by atoms with van der Waals surface area (Å²) in [6, 6.07) is 5.36. The van der Waals surface area contributed by atoms with Crippen molar-refractivity contribution in [2.24, 2.45) is 0 Å². The van der Waals surface area contributed by atoms with Gasteiger partial charge in [0.15, 0.2) is 0 Å². The number of hydrogen-bond acceptors (Lipinski definition) is 7. The van der Waals surface area contributed by atoms with Crippen molar-refractivity contribution in [3.63, 3.8) is 0 Å². The summed E-state index contributed by atoms with van der Waals surface area (Å²) in [5, 5.41) is 15.1. The third-order valence-corrected chi connectivity index (χ3v) is 4.36. The van der Waals surface area contributed by atoms with E-state index in [1.165, 1.54) is 0 Å². The van der Waals surface area contributed by atoms with Gasteiger partial charge in [-0.2, -0.15) is 4.98 Å². The van der Waals surface area contributed by atoms with Crippen LogP contribution in [-0.2, 0) is 4.74 Å². The van der Waals surface area contributed by atoms with Gasteiger partial charge < -0.3 is 15.0 Å². The molecular formula is C16H18ClN5O3. The topological polar surface area (TPSA) is 93.4 Å². The lowest BCUT2D eigenvalue weighted by atomic mass is 10.2. The Hall–Kier alpha value is -2.45. The van der Waals surface area contributed by atoms with Crippen LogP contribution >= 0.6 is 11.6 Å². The van der Waals surface area contributed by atoms with Crippen LogP contribution < -0.4 is 10.2 Å². The van der Waals surface area contributed by atoms with Crippen LogP contribution in [0.3, 0.4) is 0 Å². The molecule has 0 amide bonds. The molecule has 1 aliphatic heterocycles. The van der Waals surface area contributed by atoms with E-state index in [0.717, 1.165) is 5.56 Å². The third kappa shape index (κ3) is 3.80. The van der Waals surface area contributed by atoms with Gasteiger partial charge >= 0.3 is 5.69 Å². The summed E-state index contributed by atoms with van der Waals surface area (Å²) in [4.78, 5) is 21.6. The van der Waals surface area contributed by atoms with Crippen LogP contribution in [0.25, 0.3) is 0 Å². The third-order valence-electron chi connectivity index (χ3n) is 3.96. The highest BCUT2D eigenvalue weighted by atomic mass is 35.5. The molecule has 0 spiro atoms. The predicted molar refractivity (Wildman–Crippen MR) is 95.9 cm³/mol. The average Bonchev–Trinajstić information content (AvgIpc) is 2.58. The van der Waals surface area contributed by atoms with Gasteiger partial charge in [-0.1, -0.05) is 17.7 Å². The summed E-state index contributed by atoms with van der Waals surface area (Å²) < 4.78 is 5.33. The molecule has 8 nitrogen and oxygen atoms in total. The van der Waals surface area contributed by atoms with Crippen molar-refractivity contribution in [3.8, 4) is 0 Å². The number of aromatic nitrogens is 2. The number of ether oxygens (including phenoxy) is 1. The van der Waals surface area contributed by atoms with Gasteiger partial charge in [-0.3, -0.25) is 10.1 Å². The number of anilines is 3. The summed E-state index contributed by atoms with van der Waals surface area (Å²) in [6.07, 6.45) is 0. The van der Waals surface area contributed by atoms with Crippen LogP contribution in [0.15, 0.2) is 18.2 Å². The highest BCUT2D eigenvalue weighted by molar-refractivity contribution is 6.31. The summed E-state index contributed by atoms with van der Waals surface area (Å²) in [5.41, 5.74) is 1.72. The lowest BCUT2D eigenvalue weighted by Crippen LogP contribution is -2.37. The van der Waals surface area contributed by atoms with Crippen LogP contribution in [0.2, 0.25) is 5.02 Å². The van der Waals surface area contributed by atoms with Gasteiger partial charge in [-0.25, -0.2) is 4.98 Å². The fraction of sp³-hybridized carbons (Fsp3) is 0.375. The zero-order chi connectivity index (χ0) is 18.0. The van der Waals surface area contributed by atoms with Gasteiger partial charge in [0.05, 0.1) is 18.1 Å². The SMILES string of the molecule is Cc1ccc(Nc2nc(N3CCOCC3)nc(C)c2[N+](=O)[O-])cc1Cl. The Morgan fingerprint density at radius 3 is 2.64 bits per heavy atom. The van der Waals surface area contributed by atoms with E-state index in [2.05, 4.69) is 15.3 Å². The maximum atomic E-state index is 11.5. The first-order valence-corrected chi connectivity index (χ1v) is 8.22. The predicted octanol–water partition coefficient (Wildman–Crippen LogP) is 3.24. The molecule has 9 heteroatoms. The van der Waals surface area contributed by atoms with Crippen molar-refractivity contribution in [1.29, 1.82) is 0 Å². The number of nitro groups is 1. The fourth-order valence-electron chi connectivity index (χ4n) is 2.57. The molecule has 0 saturated carbocycles. The van der Waals surface area contributed by atoms with Crippen LogP contribution in [0.1, 0.15) is 11.3 Å². The monoisotopic (exact) mass is 363 g/mol. The van der Waals surface area contributed by atoms with Crippen LogP contribution in [0.5, 0.6) is 0 Å². The molecule has 0 bridgehead atoms. The van der Waals surface area contributed by atoms with Crippen molar-refractivity contribution >= 4 is 34.7 Å². The molecular weight excluding hydrogens is 346 g/mol. The molecule has 0 aliphatic carbocycles. The standard InChI is InChI=1S/C16H18ClN5O3/c1-10-3-4-12(9-13(10)17)19-15-14(22(23)24)11(2)18-16(20-15)21-5-7-25-8-6-21/h3-4,9H,5-8H2,1-2H3,(H,18,19,20). The van der Waals surface area contributed by atoms with Crippen LogP contribution in [-0.4, -0.2) is 41.2 Å². The molecule has 1 aromatic heterocycles. The Morgan fingerprint density at radius 2 is 2.00 bits per heavy atom. The average molecular weight is 364 g/mol. The Balaban J connectivity index is 2.00. The Morgan fingerprint density at radius 1 is 1.28 bits per heavy atom. The largest absolute Gasteiger partial charge is 0.378 e. The van der Waals surface area contributed by atoms with Crippen molar-refractivity contribution in [2.75, 3.05) is 36.5 Å². The minimum Gasteiger partial charge on any atom is -0.378 e. The van der Waals surface area contributed by atoms with Gasteiger partial charge in [-0.15, -0.1) is 0 Å². The Labute approximate surface area is 149 Å². The number of aryl methyl sites for hydroxylation is 2. The Bertz CT molecular complexity index is 809. The molecule has 0 unspecified atom stereocenters. The van der Waals surface area contributed by atoms with E-state index in [1.54, 1.807) is 19.1 Å². The molecule has 3 rings (SSSR count). The number of rotatable bonds is 4. The minimum absolute atomic E-state index is 0.145. The second-order valence-corrected chi connectivity index (χ2v) is 6.16. The van der Waals surface area contributed by atoms with Gasteiger partial charge in [0, 0.05) is 23.8 Å². The van der Waals surface area contributed by atoms with Crippen LogP contribution in [0.4, 0.5) is 23.1 Å². The smallest absolute Gasteiger partial charge is 0.332 e. The summed E-state index contributed by atoms with van der Waals surface area (Å²) in [6.45, 7) is 5.95. The first kappa shape index (κ1) is 17.4. The highest BCUT2D eigenvalue weighted by Gasteiger charge is 2.25. The molecule has 25 heavy (non-hydrogen) atoms. The summed E-state index contributed by atoms with van der Waals surface area (Å²) in [7, 11) is 0. The first-order chi connectivity index (χ1) is 12.0. The highest BCUT2D eigenvalue weighted by Crippen LogP contribution is 2.31. The van der Waals surface area contributed by atoms with E-state index in [4.69, 9.17) is 16.3 Å². The molecule has 1 aliphatic rings. The van der Waals surface area contributed by atoms with E-state index >= 15 is 0 Å². The number of benzene rings is 1. The number of morpholine rings is 1. The Kier molecular flexibility index (Phi) is 5.00. The number of halogens is 1. The fourth-order valence-corrected chi connectivity index (χ4v) is 2.75. The number of nitrogens with one attached hydrogen (secondary N) is 1. The summed E-state index contributed by atoms with van der Waals surface area (Å²) in [5.74, 6) is 0.603. The molecule has 0 atom stereocenters. The van der Waals surface area contributed by atoms with Crippen molar-refractivity contribution in [3.05, 3.63) is 44.6 Å². The zero-order valence-corrected chi connectivity index (χ0v) is 14.7. The first-order valence-electron chi connectivity index (χ1n) is 7.84. The minimum atomic E-state index is -0.476. The van der Waals surface area contributed by atoms with Gasteiger partial charge in [0.2, 0.25) is 11.8 Å². The second kappa shape index (κ2) is 7.20. The van der Waals surface area contributed by atoms with Crippen molar-refractivity contribution in [1.82, 2.24) is 9.97 Å². The summed E-state index contributed by atoms with van der Waals surface area (Å²) >= 11 is 6.14. The van der Waals surface area contributed by atoms with E-state index in [0.29, 0.717) is 48.7 Å². The lowest BCUT2D eigenvalue weighted by Gasteiger charge is -2.27. The molecule has 2 heterocycles. The normalized spacial score (nSPS) is 14.4. The van der Waals surface area contributed by atoms with E-state index in [-0.39, 0.29) is 11.5 Å². The molecule has 132 valence electrons. The number of nitrogens with zero attached hydrogens (tertiary/aromatic N) is 4. The molecule has 1 aromatic carbocycles. The molecule has 1 fully saturated rings. The molecule has 1 N–H and O–H groups in total. The van der Waals surface area contributed by atoms with Gasteiger partial charge in [0.1, 0.15) is 5.69 Å². The maximum Gasteiger partial charge on any atom is 0.332 e. The van der Waals surface area contributed by atoms with Crippen LogP contribution in [0, 0.1) is 24.0 Å². The zero-order valence-electron chi connectivity index (χ0n) is 14.0. The van der Waals surface area contributed by atoms with Gasteiger partial charge in [0.25, 0.3) is 0 Å². The maximum absolute atomic E-state index is 11.5. The molecule has 2 aromatic rings. The molecule has 1 saturated heterocycles. The van der Waals surface area contributed by atoms with Gasteiger partial charge in [-0.05, 0) is 31.5 Å². The van der Waals surface area contributed by atoms with Crippen molar-refractivity contribution in [2.45, 2.75) is 13.8 Å². The lowest BCUT2D eigenvalue weighted by molar-refractivity contribution is -0.385. The van der Waals surface area contributed by atoms with E-state index < -0.39 is 4.92 Å². The second-order valence-electron chi connectivity index (χ2n) is 5.75. The quantitative estimate of drug-likeness (QED) is 0.658. The molecule has 0 radical (unpaired) electrons. The number of hydrogen-bond donors (Lipinski definition) is 1.